The Balaban J connectivity index is 1.98. The van der Waals surface area contributed by atoms with Gasteiger partial charge in [0, 0.05) is 10.5 Å². The van der Waals surface area contributed by atoms with Crippen LogP contribution in [0.4, 0.5) is 4.39 Å². The summed E-state index contributed by atoms with van der Waals surface area (Å²) in [5.41, 5.74) is 0.349. The number of furan rings is 1. The van der Waals surface area contributed by atoms with E-state index in [0.717, 1.165) is 0 Å². The van der Waals surface area contributed by atoms with Gasteiger partial charge in [-0.15, -0.1) is 11.8 Å². The molecule has 0 saturated heterocycles. The van der Waals surface area contributed by atoms with Crippen LogP contribution in [-0.4, -0.2) is 23.8 Å². The zero-order valence-electron chi connectivity index (χ0n) is 10.8. The maximum Gasteiger partial charge on any atom is 0.251 e. The average Bonchev–Trinajstić information content (AvgIpc) is 2.99. The van der Waals surface area contributed by atoms with Gasteiger partial charge in [0.25, 0.3) is 5.91 Å². The van der Waals surface area contributed by atoms with Gasteiger partial charge >= 0.3 is 0 Å². The van der Waals surface area contributed by atoms with Crippen molar-refractivity contribution in [1.82, 2.24) is 5.32 Å². The lowest BCUT2D eigenvalue weighted by atomic mass is 10.2. The van der Waals surface area contributed by atoms with Crippen LogP contribution in [0.5, 0.6) is 0 Å². The predicted octanol–water partition coefficient (Wildman–Crippen LogP) is 2.60. The predicted molar refractivity (Wildman–Crippen MR) is 74.2 cm³/mol. The van der Waals surface area contributed by atoms with Crippen LogP contribution in [0.3, 0.4) is 0 Å². The monoisotopic (exact) mass is 295 g/mol. The second-order valence-corrected chi connectivity index (χ2v) is 4.94. The minimum atomic E-state index is -0.908. The molecule has 1 aromatic carbocycles. The number of thioether (sulfide) groups is 1. The van der Waals surface area contributed by atoms with Gasteiger partial charge in [-0.2, -0.15) is 0 Å². The number of aliphatic hydroxyl groups is 1. The van der Waals surface area contributed by atoms with E-state index in [4.69, 9.17) is 4.42 Å². The SMILES string of the molecule is CSc1cc(C(=O)NCC(O)c2ccco2)ccc1F. The van der Waals surface area contributed by atoms with E-state index >= 15 is 0 Å². The first-order valence-corrected chi connectivity index (χ1v) is 7.17. The van der Waals surface area contributed by atoms with Crippen LogP contribution in [0.25, 0.3) is 0 Å². The van der Waals surface area contributed by atoms with E-state index in [-0.39, 0.29) is 18.3 Å². The Morgan fingerprint density at radius 2 is 2.30 bits per heavy atom. The average molecular weight is 295 g/mol. The first-order valence-electron chi connectivity index (χ1n) is 5.95. The molecule has 2 aromatic rings. The maximum absolute atomic E-state index is 13.3. The van der Waals surface area contributed by atoms with E-state index in [1.807, 2.05) is 0 Å². The summed E-state index contributed by atoms with van der Waals surface area (Å²) < 4.78 is 18.4. The highest BCUT2D eigenvalue weighted by Crippen LogP contribution is 2.20. The van der Waals surface area contributed by atoms with Gasteiger partial charge in [-0.1, -0.05) is 0 Å². The minimum Gasteiger partial charge on any atom is -0.467 e. The molecule has 2 rings (SSSR count). The molecule has 6 heteroatoms. The first-order chi connectivity index (χ1) is 9.61. The Morgan fingerprint density at radius 1 is 1.50 bits per heavy atom. The second kappa shape index (κ2) is 6.58. The van der Waals surface area contributed by atoms with Crippen LogP contribution in [0.15, 0.2) is 45.9 Å². The standard InChI is InChI=1S/C14H14FNO3S/c1-20-13-7-9(4-5-10(13)15)14(18)16-8-11(17)12-3-2-6-19-12/h2-7,11,17H,8H2,1H3,(H,16,18). The molecule has 4 nitrogen and oxygen atoms in total. The van der Waals surface area contributed by atoms with Crippen LogP contribution in [0.2, 0.25) is 0 Å². The van der Waals surface area contributed by atoms with Crippen LogP contribution in [0, 0.1) is 5.82 Å². The zero-order chi connectivity index (χ0) is 14.5. The third-order valence-corrected chi connectivity index (χ3v) is 3.49. The number of carbonyl (C=O) groups excluding carboxylic acids is 1. The molecular formula is C14H14FNO3S. The van der Waals surface area contributed by atoms with Crippen LogP contribution in [-0.2, 0) is 0 Å². The molecule has 2 N–H and O–H groups in total. The molecule has 1 heterocycles. The van der Waals surface area contributed by atoms with Gasteiger partial charge in [0.05, 0.1) is 12.8 Å². The molecule has 1 atom stereocenters. The lowest BCUT2D eigenvalue weighted by Gasteiger charge is -2.10. The number of rotatable bonds is 5. The smallest absolute Gasteiger partial charge is 0.251 e. The minimum absolute atomic E-state index is 0.0261. The zero-order valence-corrected chi connectivity index (χ0v) is 11.6. The summed E-state index contributed by atoms with van der Waals surface area (Å²) in [6.07, 6.45) is 2.28. The Morgan fingerprint density at radius 3 is 2.95 bits per heavy atom. The highest BCUT2D eigenvalue weighted by Gasteiger charge is 2.14. The van der Waals surface area contributed by atoms with Crippen LogP contribution >= 0.6 is 11.8 Å². The molecule has 0 saturated carbocycles. The largest absolute Gasteiger partial charge is 0.467 e. The van der Waals surface area contributed by atoms with Gasteiger partial charge in [-0.3, -0.25) is 4.79 Å². The van der Waals surface area contributed by atoms with Crippen molar-refractivity contribution in [1.29, 1.82) is 0 Å². The van der Waals surface area contributed by atoms with Gasteiger partial charge in [0.1, 0.15) is 17.7 Å². The van der Waals surface area contributed by atoms with Crippen molar-refractivity contribution in [2.45, 2.75) is 11.0 Å². The van der Waals surface area contributed by atoms with Crippen molar-refractivity contribution in [3.8, 4) is 0 Å². The topological polar surface area (TPSA) is 62.5 Å². The summed E-state index contributed by atoms with van der Waals surface area (Å²) >= 11 is 1.23. The quantitative estimate of drug-likeness (QED) is 0.832. The number of hydrogen-bond acceptors (Lipinski definition) is 4. The number of aliphatic hydroxyl groups excluding tert-OH is 1. The number of hydrogen-bond donors (Lipinski definition) is 2. The summed E-state index contributed by atoms with van der Waals surface area (Å²) in [5.74, 6) is -0.343. The number of amides is 1. The van der Waals surface area contributed by atoms with Gasteiger partial charge in [0.15, 0.2) is 0 Å². The molecule has 20 heavy (non-hydrogen) atoms. The number of nitrogens with one attached hydrogen (secondary N) is 1. The lowest BCUT2D eigenvalue weighted by molar-refractivity contribution is 0.0901. The van der Waals surface area contributed by atoms with Crippen molar-refractivity contribution in [2.24, 2.45) is 0 Å². The van der Waals surface area contributed by atoms with Gasteiger partial charge in [0.2, 0.25) is 0 Å². The number of benzene rings is 1. The maximum atomic E-state index is 13.3. The molecule has 1 aromatic heterocycles. The van der Waals surface area contributed by atoms with E-state index in [0.29, 0.717) is 16.2 Å². The molecule has 0 radical (unpaired) electrons. The fourth-order valence-electron chi connectivity index (χ4n) is 1.67. The van der Waals surface area contributed by atoms with Crippen molar-refractivity contribution in [3.05, 3.63) is 53.7 Å². The summed E-state index contributed by atoms with van der Waals surface area (Å²) in [6, 6.07) is 7.42. The molecule has 1 unspecified atom stereocenters. The molecule has 0 spiro atoms. The number of halogens is 1. The highest BCUT2D eigenvalue weighted by molar-refractivity contribution is 7.98. The summed E-state index contributed by atoms with van der Waals surface area (Å²) in [6.45, 7) is 0.0261. The molecule has 0 bridgehead atoms. The van der Waals surface area contributed by atoms with Gasteiger partial charge < -0.3 is 14.8 Å². The first kappa shape index (κ1) is 14.6. The van der Waals surface area contributed by atoms with E-state index in [2.05, 4.69) is 5.32 Å². The molecular weight excluding hydrogens is 281 g/mol. The Hall–Kier alpha value is -1.79. The fourth-order valence-corrected chi connectivity index (χ4v) is 2.18. The Kier molecular flexibility index (Phi) is 4.81. The van der Waals surface area contributed by atoms with E-state index in [1.54, 1.807) is 18.4 Å². The van der Waals surface area contributed by atoms with E-state index < -0.39 is 6.10 Å². The van der Waals surface area contributed by atoms with Crippen molar-refractivity contribution in [3.63, 3.8) is 0 Å². The Bertz CT molecular complexity index is 586. The number of carbonyl (C=O) groups is 1. The van der Waals surface area contributed by atoms with Crippen molar-refractivity contribution in [2.75, 3.05) is 12.8 Å². The molecule has 1 amide bonds. The van der Waals surface area contributed by atoms with Crippen molar-refractivity contribution >= 4 is 17.7 Å². The Labute approximate surface area is 120 Å². The van der Waals surface area contributed by atoms with E-state index in [1.165, 1.54) is 36.2 Å². The molecule has 0 fully saturated rings. The summed E-state index contributed by atoms with van der Waals surface area (Å²) in [4.78, 5) is 12.3. The molecule has 106 valence electrons. The third-order valence-electron chi connectivity index (χ3n) is 2.74. The molecule has 0 aliphatic carbocycles. The normalized spacial score (nSPS) is 12.2. The van der Waals surface area contributed by atoms with Gasteiger partial charge in [-0.05, 0) is 36.6 Å². The lowest BCUT2D eigenvalue weighted by Crippen LogP contribution is -2.28. The van der Waals surface area contributed by atoms with Crippen molar-refractivity contribution < 1.29 is 18.7 Å². The highest BCUT2D eigenvalue weighted by atomic mass is 32.2. The summed E-state index contributed by atoms with van der Waals surface area (Å²) in [7, 11) is 0. The fraction of sp³-hybridized carbons (Fsp3) is 0.214. The third kappa shape index (κ3) is 3.40. The molecule has 0 aliphatic rings. The summed E-state index contributed by atoms with van der Waals surface area (Å²) in [5, 5.41) is 12.4. The second-order valence-electron chi connectivity index (χ2n) is 4.09. The van der Waals surface area contributed by atoms with Crippen LogP contribution in [0.1, 0.15) is 22.2 Å². The van der Waals surface area contributed by atoms with Crippen LogP contribution < -0.4 is 5.32 Å². The van der Waals surface area contributed by atoms with E-state index in [9.17, 15) is 14.3 Å². The van der Waals surface area contributed by atoms with Gasteiger partial charge in [-0.25, -0.2) is 4.39 Å². The molecule has 0 aliphatic heterocycles.